The maximum atomic E-state index is 5.80. The third-order valence-electron chi connectivity index (χ3n) is 10.1. The lowest BCUT2D eigenvalue weighted by molar-refractivity contribution is 0.269. The molecule has 0 radical (unpaired) electrons. The van der Waals surface area contributed by atoms with Gasteiger partial charge in [-0.25, -0.2) is 0 Å². The van der Waals surface area contributed by atoms with E-state index in [0.29, 0.717) is 5.76 Å². The summed E-state index contributed by atoms with van der Waals surface area (Å²) in [4.78, 5) is 0. The Morgan fingerprint density at radius 1 is 0.653 bits per heavy atom. The molecular weight excluding hydrogens is 597 g/mol. The second kappa shape index (κ2) is 13.3. The van der Waals surface area contributed by atoms with Crippen LogP contribution in [0.25, 0.3) is 22.3 Å². The Labute approximate surface area is 290 Å². The zero-order chi connectivity index (χ0) is 33.8. The highest BCUT2D eigenvalue weighted by atomic mass is 16.5. The zero-order valence-corrected chi connectivity index (χ0v) is 27.8. The summed E-state index contributed by atoms with van der Waals surface area (Å²) in [5, 5.41) is 0. The minimum atomic E-state index is -0.618. The first-order valence-electron chi connectivity index (χ1n) is 16.7. The summed E-state index contributed by atoms with van der Waals surface area (Å²) >= 11 is 0. The molecule has 0 aromatic heterocycles. The van der Waals surface area contributed by atoms with Gasteiger partial charge in [-0.2, -0.15) is 0 Å². The molecule has 0 saturated heterocycles. The van der Waals surface area contributed by atoms with Crippen LogP contribution in [0.15, 0.2) is 157 Å². The summed E-state index contributed by atoms with van der Waals surface area (Å²) in [6.07, 6.45) is 19.3. The summed E-state index contributed by atoms with van der Waals surface area (Å²) in [6.45, 7) is 6.92. The van der Waals surface area contributed by atoms with Gasteiger partial charge in [0.2, 0.25) is 0 Å². The SMILES string of the molecule is C#CCOC(=C)/C=C\C(=C/CCC1(C)c2ccccc2-c2ccccc21)C1(c2ccc(OCC#C)cc2)c2ccccc2-c2ccccc21. The van der Waals surface area contributed by atoms with Crippen molar-refractivity contribution in [3.63, 3.8) is 0 Å². The van der Waals surface area contributed by atoms with E-state index in [1.807, 2.05) is 18.2 Å². The van der Waals surface area contributed by atoms with E-state index in [4.69, 9.17) is 22.3 Å². The summed E-state index contributed by atoms with van der Waals surface area (Å²) < 4.78 is 11.5. The molecule has 238 valence electrons. The molecule has 0 N–H and O–H groups in total. The molecule has 0 bridgehead atoms. The van der Waals surface area contributed by atoms with Crippen LogP contribution in [0.5, 0.6) is 5.75 Å². The molecule has 2 aliphatic rings. The first-order valence-corrected chi connectivity index (χ1v) is 16.7. The number of allylic oxidation sites excluding steroid dienone is 4. The molecule has 0 aliphatic heterocycles. The van der Waals surface area contributed by atoms with Crippen LogP contribution in [0.1, 0.15) is 47.6 Å². The fourth-order valence-corrected chi connectivity index (χ4v) is 7.99. The summed E-state index contributed by atoms with van der Waals surface area (Å²) in [5.74, 6) is 6.37. The highest BCUT2D eigenvalue weighted by Gasteiger charge is 2.46. The molecule has 0 amide bonds. The van der Waals surface area contributed by atoms with Crippen LogP contribution < -0.4 is 4.74 Å². The van der Waals surface area contributed by atoms with Crippen molar-refractivity contribution < 1.29 is 9.47 Å². The lowest BCUT2D eigenvalue weighted by Crippen LogP contribution is -2.29. The van der Waals surface area contributed by atoms with Crippen molar-refractivity contribution in [2.45, 2.75) is 30.6 Å². The molecule has 0 spiro atoms. The maximum Gasteiger partial charge on any atom is 0.148 e. The van der Waals surface area contributed by atoms with E-state index in [1.165, 1.54) is 44.5 Å². The molecule has 49 heavy (non-hydrogen) atoms. The second-order valence-electron chi connectivity index (χ2n) is 12.8. The average molecular weight is 635 g/mol. The Balaban J connectivity index is 1.40. The average Bonchev–Trinajstić information content (AvgIpc) is 3.59. The Kier molecular flexibility index (Phi) is 8.57. The topological polar surface area (TPSA) is 18.5 Å². The van der Waals surface area contributed by atoms with Gasteiger partial charge in [0.1, 0.15) is 24.7 Å². The van der Waals surface area contributed by atoms with Gasteiger partial charge in [-0.15, -0.1) is 12.8 Å². The van der Waals surface area contributed by atoms with Gasteiger partial charge in [0, 0.05) is 5.41 Å². The third-order valence-corrected chi connectivity index (χ3v) is 10.1. The molecule has 0 unspecified atom stereocenters. The second-order valence-corrected chi connectivity index (χ2v) is 12.8. The van der Waals surface area contributed by atoms with Gasteiger partial charge >= 0.3 is 0 Å². The number of benzene rings is 5. The van der Waals surface area contributed by atoms with E-state index in [2.05, 4.69) is 147 Å². The first-order chi connectivity index (χ1) is 24.0. The number of terminal acetylenes is 2. The number of rotatable bonds is 11. The Hall–Kier alpha value is -5.96. The normalized spacial score (nSPS) is 14.6. The minimum absolute atomic E-state index is 0.132. The predicted octanol–water partition coefficient (Wildman–Crippen LogP) is 10.4. The molecule has 2 heteroatoms. The van der Waals surface area contributed by atoms with Gasteiger partial charge in [-0.3, -0.25) is 0 Å². The monoisotopic (exact) mass is 634 g/mol. The van der Waals surface area contributed by atoms with Gasteiger partial charge in [0.05, 0.1) is 5.41 Å². The van der Waals surface area contributed by atoms with E-state index in [-0.39, 0.29) is 18.6 Å². The van der Waals surface area contributed by atoms with Crippen LogP contribution >= 0.6 is 0 Å². The van der Waals surface area contributed by atoms with Crippen LogP contribution in [0, 0.1) is 24.7 Å². The maximum absolute atomic E-state index is 5.80. The van der Waals surface area contributed by atoms with Gasteiger partial charge in [-0.1, -0.05) is 147 Å². The minimum Gasteiger partial charge on any atom is -0.482 e. The number of ether oxygens (including phenoxy) is 2. The van der Waals surface area contributed by atoms with E-state index in [1.54, 1.807) is 0 Å². The van der Waals surface area contributed by atoms with Crippen LogP contribution in [-0.2, 0) is 15.6 Å². The van der Waals surface area contributed by atoms with Crippen molar-refractivity contribution in [2.75, 3.05) is 13.2 Å². The molecule has 2 aliphatic carbocycles. The Morgan fingerprint density at radius 3 is 1.67 bits per heavy atom. The lowest BCUT2D eigenvalue weighted by Gasteiger charge is -2.35. The molecule has 7 rings (SSSR count). The lowest BCUT2D eigenvalue weighted by atomic mass is 9.66. The predicted molar refractivity (Wildman–Crippen MR) is 201 cm³/mol. The van der Waals surface area contributed by atoms with Crippen molar-refractivity contribution >= 4 is 0 Å². The van der Waals surface area contributed by atoms with Crippen molar-refractivity contribution in [3.05, 3.63) is 185 Å². The van der Waals surface area contributed by atoms with Crippen LogP contribution in [0.3, 0.4) is 0 Å². The first kappa shape index (κ1) is 31.6. The van der Waals surface area contributed by atoms with Crippen LogP contribution in [0.2, 0.25) is 0 Å². The highest BCUT2D eigenvalue weighted by molar-refractivity contribution is 5.87. The third kappa shape index (κ3) is 5.37. The molecule has 0 atom stereocenters. The van der Waals surface area contributed by atoms with Gasteiger partial charge < -0.3 is 9.47 Å². The molecule has 5 aromatic carbocycles. The smallest absolute Gasteiger partial charge is 0.148 e. The standard InChI is InChI=1S/C47H38O2/c1-5-32-48-34(3)25-26-35(16-15-31-46(4)42-21-11-7-17-38(42)39-18-8-12-22-43(39)46)47(36-27-29-37(30-28-36)49-33-6-2)44-23-13-9-19-40(44)41-20-10-14-24-45(41)47/h1-2,7-14,16-30H,3,15,31-33H2,4H3/b26-25-,35-16+. The molecule has 0 heterocycles. The van der Waals surface area contributed by atoms with E-state index in [0.717, 1.165) is 29.7 Å². The molecule has 0 saturated carbocycles. The summed E-state index contributed by atoms with van der Waals surface area (Å²) in [7, 11) is 0. The largest absolute Gasteiger partial charge is 0.482 e. The fraction of sp³-hybridized carbons (Fsp3) is 0.149. The van der Waals surface area contributed by atoms with Crippen molar-refractivity contribution in [2.24, 2.45) is 0 Å². The molecule has 5 aromatic rings. The highest BCUT2D eigenvalue weighted by Crippen LogP contribution is 2.57. The van der Waals surface area contributed by atoms with Crippen LogP contribution in [-0.4, -0.2) is 13.2 Å². The number of hydrogen-bond acceptors (Lipinski definition) is 2. The molecule has 0 fully saturated rings. The number of fused-ring (bicyclic) bond motifs is 6. The van der Waals surface area contributed by atoms with Crippen molar-refractivity contribution in [1.29, 1.82) is 0 Å². The fourth-order valence-electron chi connectivity index (χ4n) is 7.99. The Bertz CT molecular complexity index is 2090. The summed E-state index contributed by atoms with van der Waals surface area (Å²) in [5.41, 5.74) is 11.8. The van der Waals surface area contributed by atoms with Crippen LogP contribution in [0.4, 0.5) is 0 Å². The zero-order valence-electron chi connectivity index (χ0n) is 27.8. The molecular formula is C47H38O2. The van der Waals surface area contributed by atoms with Gasteiger partial charge in [-0.05, 0) is 86.7 Å². The van der Waals surface area contributed by atoms with Gasteiger partial charge in [0.25, 0.3) is 0 Å². The quantitative estimate of drug-likeness (QED) is 0.0818. The van der Waals surface area contributed by atoms with E-state index < -0.39 is 5.41 Å². The Morgan fingerprint density at radius 2 is 1.14 bits per heavy atom. The summed E-state index contributed by atoms with van der Waals surface area (Å²) in [6, 6.07) is 43.5. The van der Waals surface area contributed by atoms with E-state index in [9.17, 15) is 0 Å². The van der Waals surface area contributed by atoms with Gasteiger partial charge in [0.15, 0.2) is 0 Å². The molecule has 2 nitrogen and oxygen atoms in total. The van der Waals surface area contributed by atoms with Crippen molar-refractivity contribution in [1.82, 2.24) is 0 Å². The number of hydrogen-bond donors (Lipinski definition) is 0. The van der Waals surface area contributed by atoms with Crippen molar-refractivity contribution in [3.8, 4) is 52.7 Å². The van der Waals surface area contributed by atoms with E-state index >= 15 is 0 Å².